The fourth-order valence-electron chi connectivity index (χ4n) is 3.36. The number of hydrogen-bond acceptors (Lipinski definition) is 4. The van der Waals surface area contributed by atoms with E-state index in [1.807, 2.05) is 16.7 Å². The van der Waals surface area contributed by atoms with Gasteiger partial charge in [-0.05, 0) is 41.7 Å². The Morgan fingerprint density at radius 2 is 2.00 bits per heavy atom. The summed E-state index contributed by atoms with van der Waals surface area (Å²) in [5, 5.41) is 0. The lowest BCUT2D eigenvalue weighted by Crippen LogP contribution is -2.23. The first-order chi connectivity index (χ1) is 13.7. The van der Waals surface area contributed by atoms with Crippen molar-refractivity contribution in [1.29, 1.82) is 0 Å². The van der Waals surface area contributed by atoms with Crippen molar-refractivity contribution in [3.8, 4) is 22.9 Å². The van der Waals surface area contributed by atoms with Gasteiger partial charge in [0.2, 0.25) is 0 Å². The number of nitrogens with zero attached hydrogens (tertiary/aromatic N) is 2. The zero-order valence-corrected chi connectivity index (χ0v) is 16.0. The largest absolute Gasteiger partial charge is 0.490 e. The molecule has 0 aliphatic carbocycles. The van der Waals surface area contributed by atoms with Crippen LogP contribution in [0.5, 0.6) is 11.8 Å². The molecule has 0 spiro atoms. The molecule has 0 bridgehead atoms. The average molecular weight is 376 g/mol. The molecule has 2 aromatic carbocycles. The number of aryl methyl sites for hydroxylation is 1. The van der Waals surface area contributed by atoms with E-state index in [0.29, 0.717) is 19.2 Å². The van der Waals surface area contributed by atoms with Crippen molar-refractivity contribution >= 4 is 0 Å². The second-order valence-electron chi connectivity index (χ2n) is 7.08. The Morgan fingerprint density at radius 1 is 1.14 bits per heavy atom. The number of aromatic nitrogens is 2. The summed E-state index contributed by atoms with van der Waals surface area (Å²) >= 11 is 0. The Labute approximate surface area is 164 Å². The van der Waals surface area contributed by atoms with Crippen LogP contribution < -0.4 is 15.0 Å². The van der Waals surface area contributed by atoms with Crippen LogP contribution in [0, 0.1) is 0 Å². The lowest BCUT2D eigenvalue weighted by atomic mass is 10.0. The second kappa shape index (κ2) is 8.30. The standard InChI is InChI=1S/C23H24N2O3/c1-2-3-5-17-6-4-7-19(14-17)18-8-10-20(11-9-18)27-16-21-15-25-13-12-22(26)24-23(25)28-21/h4,6-14,21H,2-3,5,15-16H2,1H3. The number of benzene rings is 2. The topological polar surface area (TPSA) is 53.4 Å². The molecule has 1 aliphatic rings. The molecule has 0 radical (unpaired) electrons. The van der Waals surface area contributed by atoms with Crippen molar-refractivity contribution in [2.75, 3.05) is 6.61 Å². The molecule has 1 aromatic heterocycles. The highest BCUT2D eigenvalue weighted by Crippen LogP contribution is 2.24. The highest BCUT2D eigenvalue weighted by atomic mass is 16.6. The number of unbranched alkanes of at least 4 members (excludes halogenated alkanes) is 1. The van der Waals surface area contributed by atoms with Crippen LogP contribution >= 0.6 is 0 Å². The van der Waals surface area contributed by atoms with E-state index in [4.69, 9.17) is 9.47 Å². The fraction of sp³-hybridized carbons (Fsp3) is 0.304. The first-order valence-corrected chi connectivity index (χ1v) is 9.77. The molecule has 5 nitrogen and oxygen atoms in total. The Hall–Kier alpha value is -3.08. The molecule has 0 saturated heterocycles. The third kappa shape index (κ3) is 4.25. The molecule has 1 unspecified atom stereocenters. The van der Waals surface area contributed by atoms with Crippen LogP contribution in [0.3, 0.4) is 0 Å². The average Bonchev–Trinajstić information content (AvgIpc) is 3.13. The molecule has 3 aromatic rings. The Balaban J connectivity index is 1.36. The predicted molar refractivity (Wildman–Crippen MR) is 109 cm³/mol. The number of rotatable bonds is 7. The van der Waals surface area contributed by atoms with E-state index in [2.05, 4.69) is 48.3 Å². The van der Waals surface area contributed by atoms with E-state index < -0.39 is 0 Å². The molecule has 0 saturated carbocycles. The molecule has 0 N–H and O–H groups in total. The van der Waals surface area contributed by atoms with Gasteiger partial charge in [0.1, 0.15) is 12.4 Å². The van der Waals surface area contributed by atoms with Gasteiger partial charge in [-0.25, -0.2) is 0 Å². The molecular weight excluding hydrogens is 352 g/mol. The SMILES string of the molecule is CCCCc1cccc(-c2ccc(OCC3Cn4ccc(=O)nc4O3)cc2)c1. The zero-order chi connectivity index (χ0) is 19.3. The van der Waals surface area contributed by atoms with Gasteiger partial charge in [-0.2, -0.15) is 4.98 Å². The van der Waals surface area contributed by atoms with Crippen molar-refractivity contribution in [3.63, 3.8) is 0 Å². The molecule has 4 rings (SSSR count). The minimum atomic E-state index is -0.290. The smallest absolute Gasteiger partial charge is 0.300 e. The summed E-state index contributed by atoms with van der Waals surface area (Å²) in [7, 11) is 0. The van der Waals surface area contributed by atoms with E-state index in [-0.39, 0.29) is 11.7 Å². The third-order valence-electron chi connectivity index (χ3n) is 4.89. The Morgan fingerprint density at radius 3 is 2.82 bits per heavy atom. The van der Waals surface area contributed by atoms with Gasteiger partial charge in [0, 0.05) is 12.3 Å². The first kappa shape index (κ1) is 18.3. The summed E-state index contributed by atoms with van der Waals surface area (Å²) in [6.45, 7) is 3.25. The zero-order valence-electron chi connectivity index (χ0n) is 16.0. The summed E-state index contributed by atoms with van der Waals surface area (Å²) in [5.74, 6) is 0.799. The minimum Gasteiger partial charge on any atom is -0.490 e. The van der Waals surface area contributed by atoms with Crippen LogP contribution in [-0.4, -0.2) is 22.3 Å². The molecule has 28 heavy (non-hydrogen) atoms. The van der Waals surface area contributed by atoms with Crippen molar-refractivity contribution in [3.05, 3.63) is 76.7 Å². The highest BCUT2D eigenvalue weighted by Gasteiger charge is 2.23. The summed E-state index contributed by atoms with van der Waals surface area (Å²) in [5.41, 5.74) is 3.50. The Bertz CT molecular complexity index is 995. The van der Waals surface area contributed by atoms with Crippen LogP contribution in [0.4, 0.5) is 0 Å². The van der Waals surface area contributed by atoms with Crippen molar-refractivity contribution in [2.45, 2.75) is 38.8 Å². The molecule has 1 aliphatic heterocycles. The Kier molecular flexibility index (Phi) is 5.42. The molecule has 144 valence electrons. The van der Waals surface area contributed by atoms with Crippen LogP contribution in [0.15, 0.2) is 65.6 Å². The molecule has 5 heteroatoms. The normalized spacial score (nSPS) is 15.1. The lowest BCUT2D eigenvalue weighted by Gasteiger charge is -2.12. The third-order valence-corrected chi connectivity index (χ3v) is 4.89. The molecule has 2 heterocycles. The van der Waals surface area contributed by atoms with Gasteiger partial charge in [-0.15, -0.1) is 0 Å². The van der Waals surface area contributed by atoms with Gasteiger partial charge < -0.3 is 9.47 Å². The van der Waals surface area contributed by atoms with Gasteiger partial charge in [-0.3, -0.25) is 9.36 Å². The van der Waals surface area contributed by atoms with Gasteiger partial charge in [0.05, 0.1) is 6.54 Å². The van der Waals surface area contributed by atoms with Crippen molar-refractivity contribution < 1.29 is 9.47 Å². The van der Waals surface area contributed by atoms with E-state index in [1.54, 1.807) is 6.20 Å². The quantitative estimate of drug-likeness (QED) is 0.623. The fourth-order valence-corrected chi connectivity index (χ4v) is 3.36. The number of ether oxygens (including phenoxy) is 2. The summed E-state index contributed by atoms with van der Waals surface area (Å²) in [6, 6.07) is 18.7. The van der Waals surface area contributed by atoms with Crippen molar-refractivity contribution in [2.24, 2.45) is 0 Å². The second-order valence-corrected chi connectivity index (χ2v) is 7.08. The van der Waals surface area contributed by atoms with E-state index >= 15 is 0 Å². The van der Waals surface area contributed by atoms with Crippen LogP contribution in [0.1, 0.15) is 25.3 Å². The van der Waals surface area contributed by atoms with Gasteiger partial charge in [-0.1, -0.05) is 49.7 Å². The molecule has 1 atom stereocenters. The van der Waals surface area contributed by atoms with Gasteiger partial charge in [0.25, 0.3) is 11.6 Å². The van der Waals surface area contributed by atoms with E-state index in [9.17, 15) is 4.79 Å². The van der Waals surface area contributed by atoms with E-state index in [0.717, 1.165) is 12.2 Å². The monoisotopic (exact) mass is 376 g/mol. The molecular formula is C23H24N2O3. The first-order valence-electron chi connectivity index (χ1n) is 9.77. The summed E-state index contributed by atoms with van der Waals surface area (Å²) < 4.78 is 13.4. The molecule has 0 fully saturated rings. The van der Waals surface area contributed by atoms with Crippen LogP contribution in [0.2, 0.25) is 0 Å². The molecule has 0 amide bonds. The van der Waals surface area contributed by atoms with Crippen LogP contribution in [0.25, 0.3) is 11.1 Å². The number of fused-ring (bicyclic) bond motifs is 1. The van der Waals surface area contributed by atoms with Crippen LogP contribution in [-0.2, 0) is 13.0 Å². The maximum atomic E-state index is 11.3. The highest BCUT2D eigenvalue weighted by molar-refractivity contribution is 5.64. The minimum absolute atomic E-state index is 0.149. The van der Waals surface area contributed by atoms with Gasteiger partial charge >= 0.3 is 0 Å². The predicted octanol–water partition coefficient (Wildman–Crippen LogP) is 4.09. The van der Waals surface area contributed by atoms with E-state index in [1.165, 1.54) is 35.6 Å². The van der Waals surface area contributed by atoms with Gasteiger partial charge in [0.15, 0.2) is 6.10 Å². The summed E-state index contributed by atoms with van der Waals surface area (Å²) in [4.78, 5) is 15.2. The number of hydrogen-bond donors (Lipinski definition) is 0. The maximum absolute atomic E-state index is 11.3. The maximum Gasteiger partial charge on any atom is 0.300 e. The lowest BCUT2D eigenvalue weighted by molar-refractivity contribution is 0.143. The summed E-state index contributed by atoms with van der Waals surface area (Å²) in [6.07, 6.45) is 5.10. The van der Waals surface area contributed by atoms with Crippen molar-refractivity contribution in [1.82, 2.24) is 9.55 Å².